The molecule has 6 nitrogen and oxygen atoms in total. The van der Waals surface area contributed by atoms with Gasteiger partial charge in [-0.1, -0.05) is 24.3 Å². The van der Waals surface area contributed by atoms with Crippen molar-refractivity contribution in [1.82, 2.24) is 10.2 Å². The third kappa shape index (κ3) is 3.44. The summed E-state index contributed by atoms with van der Waals surface area (Å²) >= 11 is 0. The molecule has 1 N–H and O–H groups in total. The van der Waals surface area contributed by atoms with E-state index < -0.39 is 0 Å². The number of carbonyl (C=O) groups is 1. The number of nitrogens with one attached hydrogen (secondary N) is 1. The highest BCUT2D eigenvalue weighted by atomic mass is 16.5. The number of anilines is 1. The molecule has 0 unspecified atom stereocenters. The van der Waals surface area contributed by atoms with Crippen molar-refractivity contribution in [3.05, 3.63) is 54.6 Å². The Hall–Kier alpha value is -2.99. The highest BCUT2D eigenvalue weighted by Gasteiger charge is 2.23. The molecule has 1 saturated heterocycles. The molecule has 0 spiro atoms. The summed E-state index contributed by atoms with van der Waals surface area (Å²) in [7, 11) is 0. The normalized spacial score (nSPS) is 16.7. The van der Waals surface area contributed by atoms with Gasteiger partial charge in [0.25, 0.3) is 5.91 Å². The number of hydrogen-bond donors (Lipinski definition) is 1. The minimum Gasteiger partial charge on any atom is -0.416 e. The van der Waals surface area contributed by atoms with E-state index in [0.29, 0.717) is 24.1 Å². The SMILES string of the molecule is O=C(Nc1cccc(-c2nnc(-c3ccccc3)o2)c1)[C@H]1CCCO1. The zero-order chi connectivity index (χ0) is 17.1. The van der Waals surface area contributed by atoms with Crippen LogP contribution in [0.2, 0.25) is 0 Å². The van der Waals surface area contributed by atoms with Gasteiger partial charge in [-0.2, -0.15) is 0 Å². The number of rotatable bonds is 4. The van der Waals surface area contributed by atoms with Gasteiger partial charge in [0.05, 0.1) is 0 Å². The first kappa shape index (κ1) is 15.5. The van der Waals surface area contributed by atoms with Crippen LogP contribution in [-0.4, -0.2) is 28.8 Å². The Labute approximate surface area is 144 Å². The summed E-state index contributed by atoms with van der Waals surface area (Å²) in [6.07, 6.45) is 1.31. The molecular weight excluding hydrogens is 318 g/mol. The van der Waals surface area contributed by atoms with Crippen molar-refractivity contribution in [1.29, 1.82) is 0 Å². The van der Waals surface area contributed by atoms with Gasteiger partial charge in [-0.25, -0.2) is 0 Å². The molecule has 0 aliphatic carbocycles. The zero-order valence-corrected chi connectivity index (χ0v) is 13.5. The molecule has 2 aromatic carbocycles. The van der Waals surface area contributed by atoms with Gasteiger partial charge in [0.1, 0.15) is 6.10 Å². The minimum atomic E-state index is -0.364. The van der Waals surface area contributed by atoms with E-state index in [-0.39, 0.29) is 12.0 Å². The molecule has 2 heterocycles. The van der Waals surface area contributed by atoms with Crippen LogP contribution in [0.1, 0.15) is 12.8 Å². The third-order valence-electron chi connectivity index (χ3n) is 4.04. The monoisotopic (exact) mass is 335 g/mol. The summed E-state index contributed by atoms with van der Waals surface area (Å²) in [5, 5.41) is 11.1. The van der Waals surface area contributed by atoms with E-state index in [4.69, 9.17) is 9.15 Å². The summed E-state index contributed by atoms with van der Waals surface area (Å²) in [6.45, 7) is 0.641. The van der Waals surface area contributed by atoms with Crippen molar-refractivity contribution in [2.24, 2.45) is 0 Å². The van der Waals surface area contributed by atoms with Crippen molar-refractivity contribution in [3.8, 4) is 22.9 Å². The van der Waals surface area contributed by atoms with Crippen LogP contribution in [0.25, 0.3) is 22.9 Å². The number of carbonyl (C=O) groups excluding carboxylic acids is 1. The van der Waals surface area contributed by atoms with Crippen LogP contribution in [0.15, 0.2) is 59.0 Å². The van der Waals surface area contributed by atoms with Crippen LogP contribution in [0.5, 0.6) is 0 Å². The van der Waals surface area contributed by atoms with E-state index in [2.05, 4.69) is 15.5 Å². The van der Waals surface area contributed by atoms with Gasteiger partial charge in [0.2, 0.25) is 11.8 Å². The largest absolute Gasteiger partial charge is 0.416 e. The van der Waals surface area contributed by atoms with Crippen LogP contribution < -0.4 is 5.32 Å². The number of hydrogen-bond acceptors (Lipinski definition) is 5. The van der Waals surface area contributed by atoms with E-state index >= 15 is 0 Å². The fraction of sp³-hybridized carbons (Fsp3) is 0.211. The lowest BCUT2D eigenvalue weighted by Crippen LogP contribution is -2.26. The number of benzene rings is 2. The van der Waals surface area contributed by atoms with Gasteiger partial charge in [-0.05, 0) is 43.2 Å². The van der Waals surface area contributed by atoms with Crippen molar-refractivity contribution >= 4 is 11.6 Å². The van der Waals surface area contributed by atoms with Crippen LogP contribution in [0, 0.1) is 0 Å². The van der Waals surface area contributed by atoms with Gasteiger partial charge < -0.3 is 14.5 Å². The van der Waals surface area contributed by atoms with E-state index in [1.165, 1.54) is 0 Å². The molecule has 1 fully saturated rings. The molecule has 1 aromatic heterocycles. The Morgan fingerprint density at radius 2 is 1.76 bits per heavy atom. The summed E-state index contributed by atoms with van der Waals surface area (Å²) < 4.78 is 11.2. The Morgan fingerprint density at radius 3 is 2.52 bits per heavy atom. The fourth-order valence-corrected chi connectivity index (χ4v) is 2.77. The van der Waals surface area contributed by atoms with Crippen molar-refractivity contribution < 1.29 is 13.9 Å². The van der Waals surface area contributed by atoms with E-state index in [9.17, 15) is 4.79 Å². The molecule has 0 bridgehead atoms. The summed E-state index contributed by atoms with van der Waals surface area (Å²) in [5.41, 5.74) is 2.29. The standard InChI is InChI=1S/C19H17N3O3/c23-17(16-10-5-11-24-16)20-15-9-4-8-14(12-15)19-22-21-18(25-19)13-6-2-1-3-7-13/h1-4,6-9,12,16H,5,10-11H2,(H,20,23)/t16-/m1/s1. The first-order valence-electron chi connectivity index (χ1n) is 8.21. The van der Waals surface area contributed by atoms with Gasteiger partial charge in [-0.3, -0.25) is 4.79 Å². The maximum atomic E-state index is 12.2. The van der Waals surface area contributed by atoms with Crippen LogP contribution in [-0.2, 0) is 9.53 Å². The van der Waals surface area contributed by atoms with Crippen molar-refractivity contribution in [3.63, 3.8) is 0 Å². The molecule has 126 valence electrons. The number of aromatic nitrogens is 2. The maximum Gasteiger partial charge on any atom is 0.253 e. The van der Waals surface area contributed by atoms with Crippen molar-refractivity contribution in [2.45, 2.75) is 18.9 Å². The number of ether oxygens (including phenoxy) is 1. The van der Waals surface area contributed by atoms with E-state index in [1.807, 2.05) is 54.6 Å². The molecule has 0 radical (unpaired) electrons. The van der Waals surface area contributed by atoms with Crippen molar-refractivity contribution in [2.75, 3.05) is 11.9 Å². The predicted molar refractivity (Wildman–Crippen MR) is 92.8 cm³/mol. The van der Waals surface area contributed by atoms with Gasteiger partial charge >= 0.3 is 0 Å². The average Bonchev–Trinajstić information content (AvgIpc) is 3.35. The van der Waals surface area contributed by atoms with Crippen LogP contribution in [0.3, 0.4) is 0 Å². The van der Waals surface area contributed by atoms with Crippen LogP contribution in [0.4, 0.5) is 5.69 Å². The molecule has 1 amide bonds. The van der Waals surface area contributed by atoms with Gasteiger partial charge in [0.15, 0.2) is 0 Å². The Balaban J connectivity index is 1.53. The van der Waals surface area contributed by atoms with E-state index in [0.717, 1.165) is 24.0 Å². The highest BCUT2D eigenvalue weighted by molar-refractivity contribution is 5.94. The molecule has 1 aliphatic heterocycles. The molecule has 0 saturated carbocycles. The fourth-order valence-electron chi connectivity index (χ4n) is 2.77. The van der Waals surface area contributed by atoms with Crippen LogP contribution >= 0.6 is 0 Å². The smallest absolute Gasteiger partial charge is 0.253 e. The summed E-state index contributed by atoms with van der Waals surface area (Å²) in [4.78, 5) is 12.2. The Bertz CT molecular complexity index is 870. The second-order valence-electron chi connectivity index (χ2n) is 5.85. The predicted octanol–water partition coefficient (Wildman–Crippen LogP) is 3.52. The molecule has 4 rings (SSSR count). The lowest BCUT2D eigenvalue weighted by molar-refractivity contribution is -0.124. The lowest BCUT2D eigenvalue weighted by Gasteiger charge is -2.10. The second kappa shape index (κ2) is 6.86. The van der Waals surface area contributed by atoms with Gasteiger partial charge in [-0.15, -0.1) is 10.2 Å². The highest BCUT2D eigenvalue weighted by Crippen LogP contribution is 2.26. The first-order valence-corrected chi connectivity index (χ1v) is 8.21. The Kier molecular flexibility index (Phi) is 4.26. The topological polar surface area (TPSA) is 77.3 Å². The van der Waals surface area contributed by atoms with E-state index in [1.54, 1.807) is 0 Å². The summed E-state index contributed by atoms with van der Waals surface area (Å²) in [5.74, 6) is 0.751. The number of nitrogens with zero attached hydrogens (tertiary/aromatic N) is 2. The first-order chi connectivity index (χ1) is 12.3. The summed E-state index contributed by atoms with van der Waals surface area (Å²) in [6, 6.07) is 16.9. The minimum absolute atomic E-state index is 0.120. The zero-order valence-electron chi connectivity index (χ0n) is 13.5. The Morgan fingerprint density at radius 1 is 1.00 bits per heavy atom. The molecule has 6 heteroatoms. The average molecular weight is 335 g/mol. The molecule has 1 atom stereocenters. The lowest BCUT2D eigenvalue weighted by atomic mass is 10.2. The maximum absolute atomic E-state index is 12.2. The van der Waals surface area contributed by atoms with Gasteiger partial charge in [0, 0.05) is 23.4 Å². The molecule has 3 aromatic rings. The number of amides is 1. The molecular formula is C19H17N3O3. The molecule has 1 aliphatic rings. The quantitative estimate of drug-likeness (QED) is 0.789. The second-order valence-corrected chi connectivity index (χ2v) is 5.85. The third-order valence-corrected chi connectivity index (χ3v) is 4.04. The molecule has 25 heavy (non-hydrogen) atoms.